The van der Waals surface area contributed by atoms with Gasteiger partial charge in [-0.25, -0.2) is 8.42 Å². The molecule has 5 nitrogen and oxygen atoms in total. The molecule has 2 rings (SSSR count). The molecular weight excluding hydrogens is 372 g/mol. The van der Waals surface area contributed by atoms with Gasteiger partial charge in [-0.2, -0.15) is 4.31 Å². The first-order valence-corrected chi connectivity index (χ1v) is 10.2. The zero-order valence-corrected chi connectivity index (χ0v) is 16.4. The van der Waals surface area contributed by atoms with Gasteiger partial charge in [-0.15, -0.1) is 0 Å². The van der Waals surface area contributed by atoms with E-state index in [9.17, 15) is 13.2 Å². The van der Waals surface area contributed by atoms with E-state index in [1.54, 1.807) is 0 Å². The maximum absolute atomic E-state index is 13.0. The van der Waals surface area contributed by atoms with Crippen molar-refractivity contribution in [2.45, 2.75) is 37.8 Å². The summed E-state index contributed by atoms with van der Waals surface area (Å²) in [6.45, 7) is 3.70. The lowest BCUT2D eigenvalue weighted by atomic mass is 10.2. The Morgan fingerprint density at radius 1 is 1.12 bits per heavy atom. The molecule has 0 saturated heterocycles. The van der Waals surface area contributed by atoms with E-state index in [4.69, 9.17) is 11.6 Å². The molecule has 0 heterocycles. The van der Waals surface area contributed by atoms with Crippen LogP contribution >= 0.6 is 11.6 Å². The van der Waals surface area contributed by atoms with E-state index < -0.39 is 10.0 Å². The van der Waals surface area contributed by atoms with Crippen LogP contribution in [-0.2, 0) is 21.4 Å². The smallest absolute Gasteiger partial charge is 0.243 e. The summed E-state index contributed by atoms with van der Waals surface area (Å²) < 4.78 is 27.3. The molecule has 140 valence electrons. The Labute approximate surface area is 160 Å². The number of carbonyl (C=O) groups excluding carboxylic acids is 1. The standard InChI is InChI=1S/C19H23ClN2O3S/c1-3-15(2)21-19(23)14-22(13-16-7-5-4-6-8-16)26(24,25)18-11-9-17(20)10-12-18/h4-12,15H,3,13-14H2,1-2H3,(H,21,23). The predicted octanol–water partition coefficient (Wildman–Crippen LogP) is 3.45. The van der Waals surface area contributed by atoms with Gasteiger partial charge in [0.1, 0.15) is 0 Å². The molecule has 0 aliphatic heterocycles. The number of carbonyl (C=O) groups is 1. The van der Waals surface area contributed by atoms with Crippen molar-refractivity contribution in [2.24, 2.45) is 0 Å². The fourth-order valence-corrected chi connectivity index (χ4v) is 3.86. The van der Waals surface area contributed by atoms with Gasteiger partial charge in [-0.1, -0.05) is 48.9 Å². The molecule has 0 radical (unpaired) electrons. The van der Waals surface area contributed by atoms with Gasteiger partial charge in [-0.3, -0.25) is 4.79 Å². The molecule has 1 atom stereocenters. The van der Waals surface area contributed by atoms with Gasteiger partial charge in [0.15, 0.2) is 0 Å². The average Bonchev–Trinajstić information content (AvgIpc) is 2.62. The summed E-state index contributed by atoms with van der Waals surface area (Å²) in [6, 6.07) is 15.1. The topological polar surface area (TPSA) is 66.5 Å². The van der Waals surface area contributed by atoms with Gasteiger partial charge in [0.25, 0.3) is 0 Å². The lowest BCUT2D eigenvalue weighted by molar-refractivity contribution is -0.122. The molecule has 0 aromatic heterocycles. The first-order chi connectivity index (χ1) is 12.3. The number of sulfonamides is 1. The number of hydrogen-bond acceptors (Lipinski definition) is 3. The average molecular weight is 395 g/mol. The Kier molecular flexibility index (Phi) is 7.20. The summed E-state index contributed by atoms with van der Waals surface area (Å²) in [7, 11) is -3.84. The summed E-state index contributed by atoms with van der Waals surface area (Å²) in [4.78, 5) is 12.4. The van der Waals surface area contributed by atoms with Crippen molar-refractivity contribution in [1.29, 1.82) is 0 Å². The number of nitrogens with zero attached hydrogens (tertiary/aromatic N) is 1. The number of rotatable bonds is 8. The Morgan fingerprint density at radius 3 is 2.31 bits per heavy atom. The summed E-state index contributed by atoms with van der Waals surface area (Å²) in [6.07, 6.45) is 0.772. The maximum Gasteiger partial charge on any atom is 0.243 e. The molecule has 0 fully saturated rings. The van der Waals surface area contributed by atoms with Gasteiger partial charge >= 0.3 is 0 Å². The highest BCUT2D eigenvalue weighted by Crippen LogP contribution is 2.20. The second-order valence-corrected chi connectivity index (χ2v) is 8.46. The number of halogens is 1. The molecule has 1 N–H and O–H groups in total. The molecule has 26 heavy (non-hydrogen) atoms. The van der Waals surface area contributed by atoms with Crippen LogP contribution in [0.3, 0.4) is 0 Å². The second-order valence-electron chi connectivity index (χ2n) is 6.09. The molecule has 0 saturated carbocycles. The minimum atomic E-state index is -3.84. The fraction of sp³-hybridized carbons (Fsp3) is 0.316. The van der Waals surface area contributed by atoms with Crippen LogP contribution in [0.25, 0.3) is 0 Å². The maximum atomic E-state index is 13.0. The predicted molar refractivity (Wildman–Crippen MR) is 103 cm³/mol. The van der Waals surface area contributed by atoms with E-state index in [-0.39, 0.29) is 29.9 Å². The lowest BCUT2D eigenvalue weighted by Crippen LogP contribution is -2.43. The Morgan fingerprint density at radius 2 is 1.73 bits per heavy atom. The third kappa shape index (κ3) is 5.56. The SMILES string of the molecule is CCC(C)NC(=O)CN(Cc1ccccc1)S(=O)(=O)c1ccc(Cl)cc1. The van der Waals surface area contributed by atoms with Crippen molar-refractivity contribution >= 4 is 27.5 Å². The lowest BCUT2D eigenvalue weighted by Gasteiger charge is -2.23. The molecule has 1 unspecified atom stereocenters. The summed E-state index contributed by atoms with van der Waals surface area (Å²) in [5.41, 5.74) is 0.807. The van der Waals surface area contributed by atoms with Crippen LogP contribution in [0.1, 0.15) is 25.8 Å². The number of nitrogens with one attached hydrogen (secondary N) is 1. The van der Waals surface area contributed by atoms with E-state index in [1.165, 1.54) is 28.6 Å². The van der Waals surface area contributed by atoms with Crippen LogP contribution < -0.4 is 5.32 Å². The largest absolute Gasteiger partial charge is 0.353 e. The summed E-state index contributed by atoms with van der Waals surface area (Å²) in [5.74, 6) is -0.326. The van der Waals surface area contributed by atoms with Gasteiger partial charge in [0.05, 0.1) is 11.4 Å². The van der Waals surface area contributed by atoms with Gasteiger partial charge in [-0.05, 0) is 43.2 Å². The zero-order chi connectivity index (χ0) is 19.2. The number of hydrogen-bond donors (Lipinski definition) is 1. The molecule has 1 amide bonds. The van der Waals surface area contributed by atoms with E-state index in [2.05, 4.69) is 5.32 Å². The van der Waals surface area contributed by atoms with Crippen molar-refractivity contribution in [3.63, 3.8) is 0 Å². The van der Waals surface area contributed by atoms with Crippen LogP contribution in [0, 0.1) is 0 Å². The Hall–Kier alpha value is -1.89. The quantitative estimate of drug-likeness (QED) is 0.745. The van der Waals surface area contributed by atoms with E-state index in [0.29, 0.717) is 5.02 Å². The molecule has 7 heteroatoms. The Bertz CT molecular complexity index is 824. The van der Waals surface area contributed by atoms with Crippen LogP contribution in [-0.4, -0.2) is 31.2 Å². The molecule has 2 aromatic carbocycles. The van der Waals surface area contributed by atoms with Gasteiger partial charge in [0, 0.05) is 17.6 Å². The molecule has 0 spiro atoms. The molecule has 0 aliphatic rings. The van der Waals surface area contributed by atoms with Crippen LogP contribution in [0.15, 0.2) is 59.5 Å². The third-order valence-electron chi connectivity index (χ3n) is 3.99. The van der Waals surface area contributed by atoms with Crippen LogP contribution in [0.2, 0.25) is 5.02 Å². The van der Waals surface area contributed by atoms with Crippen molar-refractivity contribution in [3.8, 4) is 0 Å². The highest BCUT2D eigenvalue weighted by atomic mass is 35.5. The highest BCUT2D eigenvalue weighted by molar-refractivity contribution is 7.89. The molecule has 2 aromatic rings. The number of amides is 1. The first kappa shape index (κ1) is 20.4. The first-order valence-electron chi connectivity index (χ1n) is 8.42. The highest BCUT2D eigenvalue weighted by Gasteiger charge is 2.27. The Balaban J connectivity index is 2.29. The van der Waals surface area contributed by atoms with Crippen molar-refractivity contribution in [2.75, 3.05) is 6.54 Å². The normalized spacial score (nSPS) is 12.8. The summed E-state index contributed by atoms with van der Waals surface area (Å²) >= 11 is 5.86. The van der Waals surface area contributed by atoms with E-state index in [1.807, 2.05) is 44.2 Å². The van der Waals surface area contributed by atoms with Gasteiger partial charge in [0.2, 0.25) is 15.9 Å². The third-order valence-corrected chi connectivity index (χ3v) is 6.05. The van der Waals surface area contributed by atoms with Crippen LogP contribution in [0.5, 0.6) is 0 Å². The van der Waals surface area contributed by atoms with Crippen LogP contribution in [0.4, 0.5) is 0 Å². The zero-order valence-electron chi connectivity index (χ0n) is 14.9. The molecule has 0 bridgehead atoms. The van der Waals surface area contributed by atoms with E-state index in [0.717, 1.165) is 12.0 Å². The fourth-order valence-electron chi connectivity index (χ4n) is 2.35. The number of benzene rings is 2. The van der Waals surface area contributed by atoms with Crippen molar-refractivity contribution in [1.82, 2.24) is 9.62 Å². The van der Waals surface area contributed by atoms with Gasteiger partial charge < -0.3 is 5.32 Å². The monoisotopic (exact) mass is 394 g/mol. The van der Waals surface area contributed by atoms with Crippen molar-refractivity contribution in [3.05, 3.63) is 65.2 Å². The molecule has 0 aliphatic carbocycles. The minimum absolute atomic E-state index is 0.0145. The van der Waals surface area contributed by atoms with Crippen molar-refractivity contribution < 1.29 is 13.2 Å². The second kappa shape index (κ2) is 9.16. The summed E-state index contributed by atoms with van der Waals surface area (Å²) in [5, 5.41) is 3.26. The van der Waals surface area contributed by atoms with E-state index >= 15 is 0 Å². The molecular formula is C19H23ClN2O3S. The minimum Gasteiger partial charge on any atom is -0.353 e.